The molecule has 3 rings (SSSR count). The maximum Gasteiger partial charge on any atom is 0.145 e. The van der Waals surface area contributed by atoms with Gasteiger partial charge in [-0.15, -0.1) is 0 Å². The van der Waals surface area contributed by atoms with E-state index in [1.54, 1.807) is 6.07 Å². The first kappa shape index (κ1) is 15.5. The van der Waals surface area contributed by atoms with Gasteiger partial charge < -0.3 is 14.5 Å². The Balaban J connectivity index is 1.70. The lowest BCUT2D eigenvalue weighted by Gasteiger charge is -2.21. The molecule has 116 valence electrons. The minimum Gasteiger partial charge on any atom is -0.487 e. The predicted molar refractivity (Wildman–Crippen MR) is 89.8 cm³/mol. The van der Waals surface area contributed by atoms with Crippen LogP contribution in [0.1, 0.15) is 30.0 Å². The van der Waals surface area contributed by atoms with E-state index < -0.39 is 0 Å². The lowest BCUT2D eigenvalue weighted by Crippen LogP contribution is -2.24. The number of benzene rings is 1. The molecule has 1 atom stereocenters. The summed E-state index contributed by atoms with van der Waals surface area (Å²) in [5, 5.41) is 4.59. The summed E-state index contributed by atoms with van der Waals surface area (Å²) >= 11 is 12.2. The van der Waals surface area contributed by atoms with Crippen LogP contribution in [0, 0.1) is 6.92 Å². The Kier molecular flexibility index (Phi) is 4.48. The molecule has 1 unspecified atom stereocenters. The van der Waals surface area contributed by atoms with Gasteiger partial charge in [-0.25, -0.2) is 0 Å². The minimum atomic E-state index is 0.138. The molecule has 1 aliphatic heterocycles. The lowest BCUT2D eigenvalue weighted by molar-refractivity contribution is 0.339. The predicted octanol–water partition coefficient (Wildman–Crippen LogP) is 5.02. The van der Waals surface area contributed by atoms with Crippen molar-refractivity contribution in [2.75, 3.05) is 13.2 Å². The Hall–Kier alpha value is -1.42. The maximum absolute atomic E-state index is 6.14. The lowest BCUT2D eigenvalue weighted by atomic mass is 10.1. The SMILES string of the molecule is Cc1ccc(C(C)NCC2=Cc3cc(Cl)cc(Cl)c3OC2)o1. The van der Waals surface area contributed by atoms with E-state index in [0.717, 1.165) is 22.7 Å². The van der Waals surface area contributed by atoms with Gasteiger partial charge in [0.15, 0.2) is 0 Å². The third-order valence-corrected chi connectivity index (χ3v) is 4.12. The number of fused-ring (bicyclic) bond motifs is 1. The molecule has 0 amide bonds. The normalized spacial score (nSPS) is 15.0. The molecule has 2 aromatic rings. The molecule has 1 N–H and O–H groups in total. The number of nitrogens with one attached hydrogen (secondary N) is 1. The standard InChI is InChI=1S/C17H17Cl2NO2/c1-10-3-4-16(22-10)11(2)20-8-12-5-13-6-14(18)7-15(19)17(13)21-9-12/h3-7,11,20H,8-9H2,1-2H3. The van der Waals surface area contributed by atoms with Crippen LogP contribution in [0.4, 0.5) is 0 Å². The van der Waals surface area contributed by atoms with Crippen molar-refractivity contribution in [1.29, 1.82) is 0 Å². The van der Waals surface area contributed by atoms with E-state index in [9.17, 15) is 0 Å². The molecule has 3 nitrogen and oxygen atoms in total. The van der Waals surface area contributed by atoms with Crippen molar-refractivity contribution < 1.29 is 9.15 Å². The molecule has 0 spiro atoms. The van der Waals surface area contributed by atoms with Crippen LogP contribution < -0.4 is 10.1 Å². The van der Waals surface area contributed by atoms with Crippen LogP contribution in [0.5, 0.6) is 5.75 Å². The summed E-state index contributed by atoms with van der Waals surface area (Å²) < 4.78 is 11.4. The van der Waals surface area contributed by atoms with Gasteiger partial charge >= 0.3 is 0 Å². The van der Waals surface area contributed by atoms with E-state index >= 15 is 0 Å². The number of hydrogen-bond acceptors (Lipinski definition) is 3. The molecule has 2 heterocycles. The Morgan fingerprint density at radius 3 is 2.82 bits per heavy atom. The van der Waals surface area contributed by atoms with Gasteiger partial charge in [0.2, 0.25) is 0 Å². The van der Waals surface area contributed by atoms with Crippen molar-refractivity contribution in [3.05, 3.63) is 57.0 Å². The average Bonchev–Trinajstić information content (AvgIpc) is 2.91. The number of ether oxygens (including phenoxy) is 1. The van der Waals surface area contributed by atoms with Gasteiger partial charge in [0.1, 0.15) is 23.9 Å². The zero-order valence-corrected chi connectivity index (χ0v) is 14.0. The van der Waals surface area contributed by atoms with Gasteiger partial charge in [0.25, 0.3) is 0 Å². The smallest absolute Gasteiger partial charge is 0.145 e. The number of furan rings is 1. The molecule has 0 fully saturated rings. The summed E-state index contributed by atoms with van der Waals surface area (Å²) in [4.78, 5) is 0. The Labute approximate surface area is 139 Å². The van der Waals surface area contributed by atoms with Crippen LogP contribution in [-0.2, 0) is 0 Å². The summed E-state index contributed by atoms with van der Waals surface area (Å²) in [6.07, 6.45) is 2.07. The largest absolute Gasteiger partial charge is 0.487 e. The minimum absolute atomic E-state index is 0.138. The first-order valence-corrected chi connectivity index (χ1v) is 7.89. The van der Waals surface area contributed by atoms with E-state index in [4.69, 9.17) is 32.4 Å². The van der Waals surface area contributed by atoms with E-state index in [2.05, 4.69) is 18.3 Å². The molecule has 0 radical (unpaired) electrons. The van der Waals surface area contributed by atoms with Gasteiger partial charge in [-0.2, -0.15) is 0 Å². The van der Waals surface area contributed by atoms with E-state index in [0.29, 0.717) is 28.9 Å². The molecule has 0 aliphatic carbocycles. The fraction of sp³-hybridized carbons (Fsp3) is 0.294. The molecular weight excluding hydrogens is 321 g/mol. The van der Waals surface area contributed by atoms with E-state index in [1.165, 1.54) is 0 Å². The van der Waals surface area contributed by atoms with Crippen LogP contribution in [0.25, 0.3) is 6.08 Å². The van der Waals surface area contributed by atoms with Crippen molar-refractivity contribution >= 4 is 29.3 Å². The first-order chi connectivity index (χ1) is 10.5. The highest BCUT2D eigenvalue weighted by Gasteiger charge is 2.17. The van der Waals surface area contributed by atoms with Crippen LogP contribution in [0.3, 0.4) is 0 Å². The van der Waals surface area contributed by atoms with Gasteiger partial charge in [-0.05, 0) is 49.8 Å². The molecule has 0 saturated carbocycles. The van der Waals surface area contributed by atoms with Gasteiger partial charge in [0, 0.05) is 17.1 Å². The summed E-state index contributed by atoms with van der Waals surface area (Å²) in [7, 11) is 0. The first-order valence-electron chi connectivity index (χ1n) is 7.14. The molecule has 22 heavy (non-hydrogen) atoms. The molecule has 1 aromatic carbocycles. The van der Waals surface area contributed by atoms with Crippen LogP contribution in [0.2, 0.25) is 10.0 Å². The molecule has 0 saturated heterocycles. The summed E-state index contributed by atoms with van der Waals surface area (Å²) in [5.41, 5.74) is 2.06. The van der Waals surface area contributed by atoms with Crippen molar-refractivity contribution in [3.63, 3.8) is 0 Å². The molecule has 1 aliphatic rings. The second-order valence-electron chi connectivity index (χ2n) is 5.45. The molecule has 1 aromatic heterocycles. The van der Waals surface area contributed by atoms with Crippen molar-refractivity contribution in [2.24, 2.45) is 0 Å². The van der Waals surface area contributed by atoms with Crippen LogP contribution in [-0.4, -0.2) is 13.2 Å². The average molecular weight is 338 g/mol. The van der Waals surface area contributed by atoms with Gasteiger partial charge in [0.05, 0.1) is 11.1 Å². The third-order valence-electron chi connectivity index (χ3n) is 3.62. The second kappa shape index (κ2) is 6.37. The molecular formula is C17H17Cl2NO2. The maximum atomic E-state index is 6.14. The van der Waals surface area contributed by atoms with E-state index in [1.807, 2.05) is 25.1 Å². The quantitative estimate of drug-likeness (QED) is 0.850. The topological polar surface area (TPSA) is 34.4 Å². The van der Waals surface area contributed by atoms with Crippen molar-refractivity contribution in [1.82, 2.24) is 5.32 Å². The second-order valence-corrected chi connectivity index (χ2v) is 6.29. The summed E-state index contributed by atoms with van der Waals surface area (Å²) in [5.74, 6) is 2.55. The number of rotatable bonds is 4. The van der Waals surface area contributed by atoms with Gasteiger partial charge in [-0.1, -0.05) is 23.2 Å². The number of hydrogen-bond donors (Lipinski definition) is 1. The fourth-order valence-electron chi connectivity index (χ4n) is 2.44. The zero-order chi connectivity index (χ0) is 15.7. The summed E-state index contributed by atoms with van der Waals surface area (Å²) in [6, 6.07) is 7.66. The highest BCUT2D eigenvalue weighted by Crippen LogP contribution is 2.36. The Morgan fingerprint density at radius 2 is 2.09 bits per heavy atom. The van der Waals surface area contributed by atoms with E-state index in [-0.39, 0.29) is 6.04 Å². The number of halogens is 2. The highest BCUT2D eigenvalue weighted by atomic mass is 35.5. The Morgan fingerprint density at radius 1 is 1.27 bits per heavy atom. The zero-order valence-electron chi connectivity index (χ0n) is 12.5. The van der Waals surface area contributed by atoms with Crippen molar-refractivity contribution in [3.8, 4) is 5.75 Å². The van der Waals surface area contributed by atoms with Crippen LogP contribution >= 0.6 is 23.2 Å². The monoisotopic (exact) mass is 337 g/mol. The Bertz CT molecular complexity index is 721. The third kappa shape index (κ3) is 3.32. The summed E-state index contributed by atoms with van der Waals surface area (Å²) in [6.45, 7) is 5.25. The number of aryl methyl sites for hydroxylation is 1. The highest BCUT2D eigenvalue weighted by molar-refractivity contribution is 6.36. The molecule has 5 heteroatoms. The fourth-order valence-corrected chi connectivity index (χ4v) is 3.00. The molecule has 0 bridgehead atoms. The van der Waals surface area contributed by atoms with Gasteiger partial charge in [-0.3, -0.25) is 0 Å². The van der Waals surface area contributed by atoms with Crippen molar-refractivity contribution in [2.45, 2.75) is 19.9 Å². The van der Waals surface area contributed by atoms with Crippen LogP contribution in [0.15, 0.2) is 34.3 Å².